The molecule has 2 aromatic heterocycles. The monoisotopic (exact) mass is 439 g/mol. The zero-order chi connectivity index (χ0) is 21.3. The Morgan fingerprint density at radius 3 is 2.77 bits per heavy atom. The minimum Gasteiger partial charge on any atom is -0.338 e. The van der Waals surface area contributed by atoms with E-state index in [0.717, 1.165) is 28.2 Å². The summed E-state index contributed by atoms with van der Waals surface area (Å²) >= 11 is 3.06. The van der Waals surface area contributed by atoms with Gasteiger partial charge in [-0.3, -0.25) is 9.59 Å². The maximum absolute atomic E-state index is 12.9. The van der Waals surface area contributed by atoms with Crippen molar-refractivity contribution in [3.8, 4) is 0 Å². The number of H-pyrrole nitrogens is 1. The number of aromatic amines is 1. The molecule has 0 bridgehead atoms. The summed E-state index contributed by atoms with van der Waals surface area (Å²) in [6, 6.07) is 10.3. The highest BCUT2D eigenvalue weighted by Crippen LogP contribution is 2.27. The van der Waals surface area contributed by atoms with Crippen molar-refractivity contribution in [3.63, 3.8) is 0 Å². The number of aryl methyl sites for hydroxylation is 2. The molecule has 0 spiro atoms. The van der Waals surface area contributed by atoms with Crippen LogP contribution in [0.1, 0.15) is 35.2 Å². The van der Waals surface area contributed by atoms with Gasteiger partial charge in [0, 0.05) is 18.0 Å². The van der Waals surface area contributed by atoms with Gasteiger partial charge in [-0.2, -0.15) is 0 Å². The lowest BCUT2D eigenvalue weighted by atomic mass is 9.99. The summed E-state index contributed by atoms with van der Waals surface area (Å²) in [5, 5.41) is 0.495. The van der Waals surface area contributed by atoms with Crippen LogP contribution in [0, 0.1) is 13.8 Å². The third kappa shape index (κ3) is 4.23. The Kier molecular flexibility index (Phi) is 6.11. The second kappa shape index (κ2) is 8.78. The quantitative estimate of drug-likeness (QED) is 0.634. The summed E-state index contributed by atoms with van der Waals surface area (Å²) in [5.74, 6) is 1.27. The van der Waals surface area contributed by atoms with Gasteiger partial charge < -0.3 is 9.88 Å². The second-order valence-electron chi connectivity index (χ2n) is 7.56. The molecule has 1 aliphatic heterocycles. The van der Waals surface area contributed by atoms with E-state index in [-0.39, 0.29) is 16.7 Å². The van der Waals surface area contributed by atoms with Gasteiger partial charge in [-0.1, -0.05) is 36.4 Å². The molecule has 0 saturated heterocycles. The Bertz CT molecular complexity index is 1160. The van der Waals surface area contributed by atoms with Crippen LogP contribution in [0.2, 0.25) is 0 Å². The Morgan fingerprint density at radius 1 is 1.30 bits per heavy atom. The van der Waals surface area contributed by atoms with E-state index < -0.39 is 0 Å². The summed E-state index contributed by atoms with van der Waals surface area (Å²) in [4.78, 5) is 36.6. The van der Waals surface area contributed by atoms with Gasteiger partial charge in [0.05, 0.1) is 16.4 Å². The molecule has 3 heterocycles. The number of amides is 1. The zero-order valence-corrected chi connectivity index (χ0v) is 19.0. The van der Waals surface area contributed by atoms with Crippen molar-refractivity contribution >= 4 is 44.8 Å². The molecule has 1 aromatic carbocycles. The average Bonchev–Trinajstić information content (AvgIpc) is 3.06. The first kappa shape index (κ1) is 20.9. The topological polar surface area (TPSA) is 66.1 Å². The van der Waals surface area contributed by atoms with Crippen molar-refractivity contribution in [2.24, 2.45) is 0 Å². The Balaban J connectivity index is 1.38. The first-order chi connectivity index (χ1) is 14.4. The first-order valence-electron chi connectivity index (χ1n) is 10.1. The van der Waals surface area contributed by atoms with Crippen LogP contribution in [0.25, 0.3) is 15.8 Å². The first-order valence-corrected chi connectivity index (χ1v) is 11.9. The molecular formula is C23H25N3O2S2. The van der Waals surface area contributed by atoms with E-state index >= 15 is 0 Å². The predicted molar refractivity (Wildman–Crippen MR) is 126 cm³/mol. The fourth-order valence-electron chi connectivity index (χ4n) is 3.68. The van der Waals surface area contributed by atoms with Crippen LogP contribution < -0.4 is 5.56 Å². The maximum Gasteiger partial charge on any atom is 0.259 e. The van der Waals surface area contributed by atoms with Crippen molar-refractivity contribution in [3.05, 3.63) is 68.6 Å². The molecule has 30 heavy (non-hydrogen) atoms. The van der Waals surface area contributed by atoms with E-state index in [2.05, 4.69) is 28.2 Å². The molecule has 156 valence electrons. The molecular weight excluding hydrogens is 414 g/mol. The highest BCUT2D eigenvalue weighted by molar-refractivity contribution is 7.99. The second-order valence-corrected chi connectivity index (χ2v) is 10.1. The number of nitrogens with one attached hydrogen (secondary N) is 1. The smallest absolute Gasteiger partial charge is 0.259 e. The fourth-order valence-corrected chi connectivity index (χ4v) is 5.57. The highest BCUT2D eigenvalue weighted by atomic mass is 32.2. The Labute approximate surface area is 184 Å². The van der Waals surface area contributed by atoms with E-state index in [1.165, 1.54) is 22.9 Å². The van der Waals surface area contributed by atoms with Gasteiger partial charge in [0.2, 0.25) is 5.91 Å². The van der Waals surface area contributed by atoms with Gasteiger partial charge in [0.1, 0.15) is 10.7 Å². The zero-order valence-electron chi connectivity index (χ0n) is 17.4. The van der Waals surface area contributed by atoms with Crippen LogP contribution in [-0.4, -0.2) is 39.1 Å². The molecule has 1 unspecified atom stereocenters. The van der Waals surface area contributed by atoms with E-state index in [9.17, 15) is 9.59 Å². The minimum absolute atomic E-state index is 0.0916. The molecule has 0 radical (unpaired) electrons. The van der Waals surface area contributed by atoms with E-state index in [1.807, 2.05) is 43.9 Å². The molecule has 3 aromatic rings. The summed E-state index contributed by atoms with van der Waals surface area (Å²) in [6.07, 6.45) is 3.03. The molecule has 0 fully saturated rings. The largest absolute Gasteiger partial charge is 0.338 e. The van der Waals surface area contributed by atoms with Crippen molar-refractivity contribution in [1.82, 2.24) is 14.9 Å². The number of hydrogen-bond acceptors (Lipinski definition) is 5. The molecule has 5 nitrogen and oxygen atoms in total. The molecule has 1 aliphatic rings. The molecule has 1 N–H and O–H groups in total. The van der Waals surface area contributed by atoms with E-state index in [1.54, 1.807) is 11.3 Å². The Hall–Kier alpha value is -2.38. The molecule has 7 heteroatoms. The fraction of sp³-hybridized carbons (Fsp3) is 0.348. The number of rotatable bonds is 5. The van der Waals surface area contributed by atoms with Crippen molar-refractivity contribution < 1.29 is 4.79 Å². The standard InChI is InChI=1S/C23H25N3O2S2/c1-14-15(2)30-22-20(14)21(27)24-19(25-22)13-29-16(3)23(28)26-11-9-18(10-12-26)17-7-5-4-6-8-17/h4-9,16H,10-13H2,1-3H3,(H,24,25,27). The van der Waals surface area contributed by atoms with Crippen LogP contribution in [0.15, 0.2) is 41.2 Å². The number of thioether (sulfide) groups is 1. The number of thiophene rings is 1. The summed E-state index contributed by atoms with van der Waals surface area (Å²) in [7, 11) is 0. The molecule has 4 rings (SSSR count). The van der Waals surface area contributed by atoms with Gasteiger partial charge in [-0.25, -0.2) is 4.98 Å². The van der Waals surface area contributed by atoms with Crippen LogP contribution >= 0.6 is 23.1 Å². The summed E-state index contributed by atoms with van der Waals surface area (Å²) in [5.41, 5.74) is 3.44. The van der Waals surface area contributed by atoms with Crippen LogP contribution in [-0.2, 0) is 10.5 Å². The number of aromatic nitrogens is 2. The lowest BCUT2D eigenvalue weighted by Gasteiger charge is -2.29. The minimum atomic E-state index is -0.190. The van der Waals surface area contributed by atoms with Crippen molar-refractivity contribution in [1.29, 1.82) is 0 Å². The number of carbonyl (C=O) groups excluding carboxylic acids is 1. The molecule has 0 saturated carbocycles. The lowest BCUT2D eigenvalue weighted by Crippen LogP contribution is -2.39. The van der Waals surface area contributed by atoms with Gasteiger partial charge in [-0.05, 0) is 43.9 Å². The maximum atomic E-state index is 12.9. The molecule has 1 atom stereocenters. The summed E-state index contributed by atoms with van der Waals surface area (Å²) < 4.78 is 0. The van der Waals surface area contributed by atoms with Crippen LogP contribution in [0.3, 0.4) is 0 Å². The average molecular weight is 440 g/mol. The van der Waals surface area contributed by atoms with Gasteiger partial charge >= 0.3 is 0 Å². The normalized spacial score (nSPS) is 15.3. The van der Waals surface area contributed by atoms with Crippen molar-refractivity contribution in [2.45, 2.75) is 38.2 Å². The number of fused-ring (bicyclic) bond motifs is 1. The van der Waals surface area contributed by atoms with Gasteiger partial charge in [0.25, 0.3) is 5.56 Å². The van der Waals surface area contributed by atoms with Crippen LogP contribution in [0.4, 0.5) is 0 Å². The Morgan fingerprint density at radius 2 is 2.07 bits per heavy atom. The number of carbonyl (C=O) groups is 1. The van der Waals surface area contributed by atoms with Gasteiger partial charge in [0.15, 0.2) is 0 Å². The van der Waals surface area contributed by atoms with E-state index in [0.29, 0.717) is 23.5 Å². The molecule has 0 aliphatic carbocycles. The number of hydrogen-bond donors (Lipinski definition) is 1. The summed E-state index contributed by atoms with van der Waals surface area (Å²) in [6.45, 7) is 7.27. The third-order valence-electron chi connectivity index (χ3n) is 5.57. The van der Waals surface area contributed by atoms with Crippen molar-refractivity contribution in [2.75, 3.05) is 13.1 Å². The van der Waals surface area contributed by atoms with Crippen LogP contribution in [0.5, 0.6) is 0 Å². The third-order valence-corrected chi connectivity index (χ3v) is 7.81. The highest BCUT2D eigenvalue weighted by Gasteiger charge is 2.23. The van der Waals surface area contributed by atoms with E-state index in [4.69, 9.17) is 0 Å². The van der Waals surface area contributed by atoms with Gasteiger partial charge in [-0.15, -0.1) is 23.1 Å². The molecule has 1 amide bonds. The predicted octanol–water partition coefficient (Wildman–Crippen LogP) is 4.54. The SMILES string of the molecule is Cc1sc2nc(CSC(C)C(=O)N3CC=C(c4ccccc4)CC3)[nH]c(=O)c2c1C. The lowest BCUT2D eigenvalue weighted by molar-refractivity contribution is -0.129. The number of nitrogens with zero attached hydrogens (tertiary/aromatic N) is 2. The number of benzene rings is 1.